The maximum Gasteiger partial charge on any atom is 0.0546 e. The Hall–Kier alpha value is -0.0800. The normalized spacial score (nSPS) is 27.7. The molecule has 2 heteroatoms. The summed E-state index contributed by atoms with van der Waals surface area (Å²) in [6.45, 7) is 6.78. The summed E-state index contributed by atoms with van der Waals surface area (Å²) < 4.78 is 0. The van der Waals surface area contributed by atoms with Crippen molar-refractivity contribution in [1.29, 1.82) is 0 Å². The van der Waals surface area contributed by atoms with Gasteiger partial charge in [-0.3, -0.25) is 0 Å². The molecule has 0 heterocycles. The molecular weight excluding hydrogens is 162 g/mol. The zero-order valence-electron chi connectivity index (χ0n) is 8.92. The van der Waals surface area contributed by atoms with Crippen LogP contribution in [-0.4, -0.2) is 24.3 Å². The number of nitrogens with one attached hydrogen (secondary N) is 1. The maximum absolute atomic E-state index is 9.07. The Kier molecular flexibility index (Phi) is 4.74. The fraction of sp³-hybridized carbons (Fsp3) is 1.00. The first kappa shape index (κ1) is 11.0. The Labute approximate surface area is 81.7 Å². The molecule has 1 fully saturated rings. The van der Waals surface area contributed by atoms with Gasteiger partial charge in [-0.1, -0.05) is 13.8 Å². The standard InChI is InChI=1S/C11H23NO/c1-9(2)4-3-5-12-8-10-6-11(13)7-10/h9-13H,3-8H2,1-2H3. The van der Waals surface area contributed by atoms with Crippen molar-refractivity contribution >= 4 is 0 Å². The van der Waals surface area contributed by atoms with Gasteiger partial charge in [0.25, 0.3) is 0 Å². The van der Waals surface area contributed by atoms with Crippen LogP contribution in [0.4, 0.5) is 0 Å². The van der Waals surface area contributed by atoms with Crippen LogP contribution in [0, 0.1) is 11.8 Å². The van der Waals surface area contributed by atoms with Gasteiger partial charge in [-0.2, -0.15) is 0 Å². The van der Waals surface area contributed by atoms with E-state index in [0.717, 1.165) is 37.8 Å². The predicted octanol–water partition coefficient (Wildman–Crippen LogP) is 1.78. The fourth-order valence-electron chi connectivity index (χ4n) is 1.81. The SMILES string of the molecule is CC(C)CCCNCC1CC(O)C1. The highest BCUT2D eigenvalue weighted by atomic mass is 16.3. The summed E-state index contributed by atoms with van der Waals surface area (Å²) in [7, 11) is 0. The molecule has 0 aromatic heterocycles. The van der Waals surface area contributed by atoms with Crippen LogP contribution >= 0.6 is 0 Å². The fourth-order valence-corrected chi connectivity index (χ4v) is 1.81. The Morgan fingerprint density at radius 1 is 1.38 bits per heavy atom. The lowest BCUT2D eigenvalue weighted by molar-refractivity contribution is 0.0431. The number of rotatable bonds is 6. The molecule has 2 nitrogen and oxygen atoms in total. The van der Waals surface area contributed by atoms with E-state index in [0.29, 0.717) is 0 Å². The molecule has 0 unspecified atom stereocenters. The zero-order valence-corrected chi connectivity index (χ0v) is 8.92. The van der Waals surface area contributed by atoms with Crippen molar-refractivity contribution < 1.29 is 5.11 Å². The quantitative estimate of drug-likeness (QED) is 0.618. The van der Waals surface area contributed by atoms with Crippen molar-refractivity contribution in [2.24, 2.45) is 11.8 Å². The second kappa shape index (κ2) is 5.61. The Morgan fingerprint density at radius 3 is 2.62 bits per heavy atom. The van der Waals surface area contributed by atoms with Crippen LogP contribution < -0.4 is 5.32 Å². The summed E-state index contributed by atoms with van der Waals surface area (Å²) in [6.07, 6.45) is 4.63. The topological polar surface area (TPSA) is 32.3 Å². The van der Waals surface area contributed by atoms with Crippen molar-refractivity contribution in [1.82, 2.24) is 5.32 Å². The highest BCUT2D eigenvalue weighted by Crippen LogP contribution is 2.25. The summed E-state index contributed by atoms with van der Waals surface area (Å²) in [5.41, 5.74) is 0. The van der Waals surface area contributed by atoms with Gasteiger partial charge >= 0.3 is 0 Å². The van der Waals surface area contributed by atoms with E-state index in [1.165, 1.54) is 12.8 Å². The molecule has 0 bridgehead atoms. The van der Waals surface area contributed by atoms with Crippen LogP contribution in [0.15, 0.2) is 0 Å². The molecule has 0 spiro atoms. The Bertz CT molecular complexity index is 130. The Morgan fingerprint density at radius 2 is 2.08 bits per heavy atom. The van der Waals surface area contributed by atoms with E-state index in [1.807, 2.05) is 0 Å². The van der Waals surface area contributed by atoms with Crippen molar-refractivity contribution in [3.8, 4) is 0 Å². The van der Waals surface area contributed by atoms with Gasteiger partial charge in [-0.05, 0) is 50.6 Å². The van der Waals surface area contributed by atoms with Crippen LogP contribution in [0.3, 0.4) is 0 Å². The van der Waals surface area contributed by atoms with Gasteiger partial charge in [0, 0.05) is 0 Å². The van der Waals surface area contributed by atoms with Crippen LogP contribution in [0.2, 0.25) is 0 Å². The molecule has 0 amide bonds. The molecule has 1 saturated carbocycles. The minimum atomic E-state index is 0.00228. The summed E-state index contributed by atoms with van der Waals surface area (Å²) in [5, 5.41) is 12.5. The lowest BCUT2D eigenvalue weighted by Crippen LogP contribution is -2.36. The summed E-state index contributed by atoms with van der Waals surface area (Å²) in [4.78, 5) is 0. The molecule has 78 valence electrons. The van der Waals surface area contributed by atoms with Gasteiger partial charge in [-0.15, -0.1) is 0 Å². The molecule has 0 radical (unpaired) electrons. The van der Waals surface area contributed by atoms with Crippen molar-refractivity contribution in [2.75, 3.05) is 13.1 Å². The van der Waals surface area contributed by atoms with E-state index >= 15 is 0 Å². The van der Waals surface area contributed by atoms with Crippen LogP contribution in [0.5, 0.6) is 0 Å². The highest BCUT2D eigenvalue weighted by Gasteiger charge is 2.26. The smallest absolute Gasteiger partial charge is 0.0546 e. The van der Waals surface area contributed by atoms with Gasteiger partial charge in [0.2, 0.25) is 0 Å². The molecule has 2 N–H and O–H groups in total. The molecule has 1 aliphatic carbocycles. The Balaban J connectivity index is 1.79. The van der Waals surface area contributed by atoms with Gasteiger partial charge in [0.15, 0.2) is 0 Å². The monoisotopic (exact) mass is 185 g/mol. The maximum atomic E-state index is 9.07. The number of hydrogen-bond acceptors (Lipinski definition) is 2. The molecule has 0 saturated heterocycles. The van der Waals surface area contributed by atoms with Crippen molar-refractivity contribution in [3.63, 3.8) is 0 Å². The van der Waals surface area contributed by atoms with E-state index in [2.05, 4.69) is 19.2 Å². The third-order valence-corrected chi connectivity index (χ3v) is 2.78. The predicted molar refractivity (Wildman–Crippen MR) is 55.7 cm³/mol. The average molecular weight is 185 g/mol. The lowest BCUT2D eigenvalue weighted by Gasteiger charge is -2.31. The third kappa shape index (κ3) is 4.63. The van der Waals surface area contributed by atoms with Crippen molar-refractivity contribution in [3.05, 3.63) is 0 Å². The van der Waals surface area contributed by atoms with E-state index < -0.39 is 0 Å². The second-order valence-electron chi connectivity index (χ2n) is 4.73. The molecule has 13 heavy (non-hydrogen) atoms. The molecule has 0 atom stereocenters. The largest absolute Gasteiger partial charge is 0.393 e. The second-order valence-corrected chi connectivity index (χ2v) is 4.73. The molecule has 0 aliphatic heterocycles. The van der Waals surface area contributed by atoms with Crippen LogP contribution in [-0.2, 0) is 0 Å². The van der Waals surface area contributed by atoms with Crippen LogP contribution in [0.1, 0.15) is 39.5 Å². The number of hydrogen-bond donors (Lipinski definition) is 2. The van der Waals surface area contributed by atoms with Gasteiger partial charge in [0.1, 0.15) is 0 Å². The first-order valence-corrected chi connectivity index (χ1v) is 5.57. The summed E-state index contributed by atoms with van der Waals surface area (Å²) in [5.74, 6) is 1.57. The number of aliphatic hydroxyl groups excluding tert-OH is 1. The van der Waals surface area contributed by atoms with E-state index in [4.69, 9.17) is 5.11 Å². The molecular formula is C11H23NO. The van der Waals surface area contributed by atoms with Gasteiger partial charge in [-0.25, -0.2) is 0 Å². The zero-order chi connectivity index (χ0) is 9.68. The first-order chi connectivity index (χ1) is 6.18. The van der Waals surface area contributed by atoms with Crippen molar-refractivity contribution in [2.45, 2.75) is 45.6 Å². The number of aliphatic hydroxyl groups is 1. The molecule has 0 aromatic rings. The first-order valence-electron chi connectivity index (χ1n) is 5.57. The lowest BCUT2D eigenvalue weighted by atomic mass is 9.82. The molecule has 1 rings (SSSR count). The summed E-state index contributed by atoms with van der Waals surface area (Å²) in [6, 6.07) is 0. The van der Waals surface area contributed by atoms with E-state index in [9.17, 15) is 0 Å². The van der Waals surface area contributed by atoms with Crippen LogP contribution in [0.25, 0.3) is 0 Å². The molecule has 1 aliphatic rings. The van der Waals surface area contributed by atoms with E-state index in [1.54, 1.807) is 0 Å². The average Bonchev–Trinajstić information content (AvgIpc) is 1.99. The molecule has 0 aromatic carbocycles. The minimum absolute atomic E-state index is 0.00228. The summed E-state index contributed by atoms with van der Waals surface area (Å²) >= 11 is 0. The minimum Gasteiger partial charge on any atom is -0.393 e. The van der Waals surface area contributed by atoms with Gasteiger partial charge in [0.05, 0.1) is 6.10 Å². The third-order valence-electron chi connectivity index (χ3n) is 2.78. The highest BCUT2D eigenvalue weighted by molar-refractivity contribution is 4.79. The van der Waals surface area contributed by atoms with Gasteiger partial charge < -0.3 is 10.4 Å². The van der Waals surface area contributed by atoms with E-state index in [-0.39, 0.29) is 6.10 Å².